The molecule has 0 aliphatic heterocycles. The molecular weight excluding hydrogens is 336 g/mol. The first kappa shape index (κ1) is 16.6. The zero-order valence-electron chi connectivity index (χ0n) is 13.0. The van der Waals surface area contributed by atoms with Crippen LogP contribution in [0.15, 0.2) is 57.8 Å². The molecule has 0 N–H and O–H groups in total. The van der Waals surface area contributed by atoms with Crippen LogP contribution in [0.2, 0.25) is 0 Å². The van der Waals surface area contributed by atoms with E-state index >= 15 is 0 Å². The van der Waals surface area contributed by atoms with Gasteiger partial charge in [-0.2, -0.15) is 4.31 Å². The smallest absolute Gasteiger partial charge is 0.243 e. The van der Waals surface area contributed by atoms with Gasteiger partial charge in [-0.1, -0.05) is 18.2 Å². The molecule has 3 rings (SSSR count). The standard InChI is InChI=1S/C17H15F2NO3S/c1-11(17-9-12-5-3-4-6-16(12)23-17)20(2)24(21,22)13-7-8-14(18)15(19)10-13/h3-11H,1-2H3/t11-/m0/s1. The first-order valence-corrected chi connectivity index (χ1v) is 8.66. The van der Waals surface area contributed by atoms with E-state index in [9.17, 15) is 17.2 Å². The topological polar surface area (TPSA) is 50.5 Å². The highest BCUT2D eigenvalue weighted by Gasteiger charge is 2.29. The van der Waals surface area contributed by atoms with Crippen molar-refractivity contribution in [3.63, 3.8) is 0 Å². The van der Waals surface area contributed by atoms with Crippen molar-refractivity contribution in [2.45, 2.75) is 17.9 Å². The second kappa shape index (κ2) is 5.99. The van der Waals surface area contributed by atoms with Gasteiger partial charge in [0.05, 0.1) is 10.9 Å². The minimum absolute atomic E-state index is 0.313. The summed E-state index contributed by atoms with van der Waals surface area (Å²) < 4.78 is 58.4. The molecule has 1 heterocycles. The maximum Gasteiger partial charge on any atom is 0.243 e. The number of hydrogen-bond donors (Lipinski definition) is 0. The van der Waals surface area contributed by atoms with Crippen molar-refractivity contribution < 1.29 is 21.6 Å². The predicted molar refractivity (Wildman–Crippen MR) is 85.9 cm³/mol. The van der Waals surface area contributed by atoms with E-state index < -0.39 is 27.7 Å². The molecule has 0 radical (unpaired) electrons. The maximum absolute atomic E-state index is 13.4. The molecule has 4 nitrogen and oxygen atoms in total. The Morgan fingerprint density at radius 1 is 1.04 bits per heavy atom. The Morgan fingerprint density at radius 2 is 1.75 bits per heavy atom. The zero-order valence-corrected chi connectivity index (χ0v) is 13.8. The van der Waals surface area contributed by atoms with Crippen LogP contribution < -0.4 is 0 Å². The fraction of sp³-hybridized carbons (Fsp3) is 0.176. The quantitative estimate of drug-likeness (QED) is 0.711. The van der Waals surface area contributed by atoms with Crippen LogP contribution in [0.1, 0.15) is 18.7 Å². The summed E-state index contributed by atoms with van der Waals surface area (Å²) in [7, 11) is -2.63. The third-order valence-electron chi connectivity index (χ3n) is 3.97. The summed E-state index contributed by atoms with van der Waals surface area (Å²) in [5, 5.41) is 0.859. The highest BCUT2D eigenvalue weighted by Crippen LogP contribution is 2.30. The van der Waals surface area contributed by atoms with Gasteiger partial charge in [-0.05, 0) is 37.3 Å². The van der Waals surface area contributed by atoms with Gasteiger partial charge in [0.15, 0.2) is 11.6 Å². The van der Waals surface area contributed by atoms with Crippen molar-refractivity contribution in [1.82, 2.24) is 4.31 Å². The number of nitrogens with zero attached hydrogens (tertiary/aromatic N) is 1. The van der Waals surface area contributed by atoms with E-state index in [4.69, 9.17) is 4.42 Å². The normalized spacial score (nSPS) is 13.5. The van der Waals surface area contributed by atoms with Crippen molar-refractivity contribution >= 4 is 21.0 Å². The molecule has 1 aromatic heterocycles. The summed E-state index contributed by atoms with van der Waals surface area (Å²) in [6, 6.07) is 11.0. The fourth-order valence-electron chi connectivity index (χ4n) is 2.40. The van der Waals surface area contributed by atoms with Crippen LogP contribution in [0.3, 0.4) is 0 Å². The van der Waals surface area contributed by atoms with Gasteiger partial charge in [-0.3, -0.25) is 0 Å². The molecule has 3 aromatic rings. The third kappa shape index (κ3) is 2.81. The molecule has 24 heavy (non-hydrogen) atoms. The van der Waals surface area contributed by atoms with Crippen molar-refractivity contribution in [1.29, 1.82) is 0 Å². The summed E-state index contributed by atoms with van der Waals surface area (Å²) in [5.74, 6) is -1.84. The lowest BCUT2D eigenvalue weighted by atomic mass is 10.2. The van der Waals surface area contributed by atoms with Crippen LogP contribution >= 0.6 is 0 Å². The lowest BCUT2D eigenvalue weighted by Gasteiger charge is -2.22. The molecule has 0 saturated carbocycles. The number of furan rings is 1. The number of sulfonamides is 1. The van der Waals surface area contributed by atoms with Crippen LogP contribution in [0.25, 0.3) is 11.0 Å². The van der Waals surface area contributed by atoms with Crippen molar-refractivity contribution in [3.8, 4) is 0 Å². The van der Waals surface area contributed by atoms with Gasteiger partial charge >= 0.3 is 0 Å². The van der Waals surface area contributed by atoms with E-state index in [0.717, 1.165) is 21.8 Å². The van der Waals surface area contributed by atoms with Gasteiger partial charge in [-0.25, -0.2) is 17.2 Å². The van der Waals surface area contributed by atoms with Crippen LogP contribution in [0.5, 0.6) is 0 Å². The Balaban J connectivity index is 1.96. The largest absolute Gasteiger partial charge is 0.459 e. The highest BCUT2D eigenvalue weighted by atomic mass is 32.2. The van der Waals surface area contributed by atoms with E-state index in [0.29, 0.717) is 17.4 Å². The summed E-state index contributed by atoms with van der Waals surface area (Å²) >= 11 is 0. The number of benzene rings is 2. The van der Waals surface area contributed by atoms with Crippen molar-refractivity contribution in [3.05, 3.63) is 65.9 Å². The number of halogens is 2. The van der Waals surface area contributed by atoms with E-state index in [1.807, 2.05) is 18.2 Å². The highest BCUT2D eigenvalue weighted by molar-refractivity contribution is 7.89. The van der Waals surface area contributed by atoms with Crippen LogP contribution in [0, 0.1) is 11.6 Å². The van der Waals surface area contributed by atoms with Crippen molar-refractivity contribution in [2.75, 3.05) is 7.05 Å². The summed E-state index contributed by atoms with van der Waals surface area (Å²) in [6.45, 7) is 1.66. The molecule has 0 saturated heterocycles. The first-order valence-electron chi connectivity index (χ1n) is 7.22. The van der Waals surface area contributed by atoms with Gasteiger partial charge in [0, 0.05) is 12.4 Å². The van der Waals surface area contributed by atoms with E-state index in [1.165, 1.54) is 7.05 Å². The summed E-state index contributed by atoms with van der Waals surface area (Å²) in [6.07, 6.45) is 0. The predicted octanol–water partition coefficient (Wildman–Crippen LogP) is 4.09. The molecule has 0 unspecified atom stereocenters. The Morgan fingerprint density at radius 3 is 2.42 bits per heavy atom. The number of fused-ring (bicyclic) bond motifs is 1. The second-order valence-electron chi connectivity index (χ2n) is 5.46. The molecule has 0 fully saturated rings. The first-order chi connectivity index (χ1) is 11.3. The van der Waals surface area contributed by atoms with Crippen LogP contribution in [-0.4, -0.2) is 19.8 Å². The van der Waals surface area contributed by atoms with Crippen LogP contribution in [0.4, 0.5) is 8.78 Å². The van der Waals surface area contributed by atoms with E-state index in [-0.39, 0.29) is 4.90 Å². The van der Waals surface area contributed by atoms with Crippen molar-refractivity contribution in [2.24, 2.45) is 0 Å². The number of para-hydroxylation sites is 1. The van der Waals surface area contributed by atoms with Gasteiger partial charge < -0.3 is 4.42 Å². The molecule has 0 bridgehead atoms. The fourth-order valence-corrected chi connectivity index (χ4v) is 3.74. The molecule has 0 spiro atoms. The Hall–Kier alpha value is -2.25. The minimum atomic E-state index is -4.00. The van der Waals surface area contributed by atoms with Crippen LogP contribution in [-0.2, 0) is 10.0 Å². The summed E-state index contributed by atoms with van der Waals surface area (Å²) in [5.41, 5.74) is 0.651. The molecule has 0 aliphatic carbocycles. The van der Waals surface area contributed by atoms with E-state index in [1.54, 1.807) is 19.1 Å². The SMILES string of the molecule is C[C@@H](c1cc2ccccc2o1)N(C)S(=O)(=O)c1ccc(F)c(F)c1. The van der Waals surface area contributed by atoms with Gasteiger partial charge in [0.25, 0.3) is 0 Å². The van der Waals surface area contributed by atoms with Gasteiger partial charge in [-0.15, -0.1) is 0 Å². The number of hydrogen-bond acceptors (Lipinski definition) is 3. The lowest BCUT2D eigenvalue weighted by molar-refractivity contribution is 0.348. The van der Waals surface area contributed by atoms with E-state index in [2.05, 4.69) is 0 Å². The Bertz CT molecular complexity index is 965. The van der Waals surface area contributed by atoms with Gasteiger partial charge in [0.2, 0.25) is 10.0 Å². The average Bonchev–Trinajstić information content (AvgIpc) is 2.99. The van der Waals surface area contributed by atoms with Gasteiger partial charge in [0.1, 0.15) is 11.3 Å². The Kier molecular flexibility index (Phi) is 4.15. The monoisotopic (exact) mass is 351 g/mol. The Labute approximate surface area is 138 Å². The summed E-state index contributed by atoms with van der Waals surface area (Å²) in [4.78, 5) is -0.313. The molecule has 2 aromatic carbocycles. The molecular formula is C17H15F2NO3S. The average molecular weight is 351 g/mol. The lowest BCUT2D eigenvalue weighted by Crippen LogP contribution is -2.29. The molecule has 7 heteroatoms. The molecule has 126 valence electrons. The number of rotatable bonds is 4. The minimum Gasteiger partial charge on any atom is -0.459 e. The zero-order chi connectivity index (χ0) is 17.5. The molecule has 1 atom stereocenters. The third-order valence-corrected chi connectivity index (χ3v) is 5.89. The molecule has 0 aliphatic rings. The second-order valence-corrected chi connectivity index (χ2v) is 7.46. The molecule has 0 amide bonds. The maximum atomic E-state index is 13.4.